The molecule has 0 saturated heterocycles. The molecule has 16 heavy (non-hydrogen) atoms. The molecule has 1 nitrogen and oxygen atoms in total. The van der Waals surface area contributed by atoms with Crippen molar-refractivity contribution in [3.63, 3.8) is 0 Å². The number of nitriles is 1. The van der Waals surface area contributed by atoms with Gasteiger partial charge in [-0.05, 0) is 23.0 Å². The summed E-state index contributed by atoms with van der Waals surface area (Å²) in [5.41, 5.74) is 2.68. The number of rotatable bonds is 3. The molecule has 0 spiro atoms. The van der Waals surface area contributed by atoms with Gasteiger partial charge in [-0.3, -0.25) is 0 Å². The number of hydrogen-bond acceptors (Lipinski definition) is 1. The van der Waals surface area contributed by atoms with Crippen molar-refractivity contribution in [1.29, 1.82) is 5.26 Å². The Labute approximate surface area is 103 Å². The van der Waals surface area contributed by atoms with Crippen LogP contribution in [0.4, 0.5) is 0 Å². The predicted octanol–water partition coefficient (Wildman–Crippen LogP) is 3.91. The first-order valence-electron chi connectivity index (χ1n) is 5.52. The fourth-order valence-corrected chi connectivity index (χ4v) is 1.74. The van der Waals surface area contributed by atoms with Crippen LogP contribution in [0.2, 0.25) is 0 Å². The van der Waals surface area contributed by atoms with Gasteiger partial charge in [-0.2, -0.15) is 5.26 Å². The van der Waals surface area contributed by atoms with Crippen molar-refractivity contribution in [2.75, 3.05) is 5.88 Å². The van der Waals surface area contributed by atoms with Crippen molar-refractivity contribution in [2.24, 2.45) is 5.92 Å². The van der Waals surface area contributed by atoms with E-state index in [4.69, 9.17) is 16.9 Å². The molecule has 1 aromatic rings. The smallest absolute Gasteiger partial charge is 0.0671 e. The number of nitrogens with zero attached hydrogens (tertiary/aromatic N) is 1. The van der Waals surface area contributed by atoms with Gasteiger partial charge < -0.3 is 0 Å². The summed E-state index contributed by atoms with van der Waals surface area (Å²) in [6.45, 7) is 6.58. The van der Waals surface area contributed by atoms with Crippen molar-refractivity contribution in [3.8, 4) is 6.07 Å². The van der Waals surface area contributed by atoms with Crippen LogP contribution in [-0.2, 0) is 11.8 Å². The topological polar surface area (TPSA) is 23.8 Å². The molecular weight excluding hydrogens is 218 g/mol. The fraction of sp³-hybridized carbons (Fsp3) is 0.500. The highest BCUT2D eigenvalue weighted by Gasteiger charge is 2.13. The molecule has 0 radical (unpaired) electrons. The summed E-state index contributed by atoms with van der Waals surface area (Å²) in [5, 5.41) is 8.84. The summed E-state index contributed by atoms with van der Waals surface area (Å²) in [7, 11) is 0. The van der Waals surface area contributed by atoms with E-state index in [0.717, 1.165) is 6.42 Å². The van der Waals surface area contributed by atoms with E-state index in [-0.39, 0.29) is 11.3 Å². The van der Waals surface area contributed by atoms with Crippen LogP contribution in [0.3, 0.4) is 0 Å². The Balaban J connectivity index is 2.77. The standard InChI is InChI=1S/C14H18ClN/c1-14(2,3)13-6-4-11(5-7-13)8-12(9-15)10-16/h4-7,12H,8-9H2,1-3H3. The van der Waals surface area contributed by atoms with Gasteiger partial charge in [0.25, 0.3) is 0 Å². The van der Waals surface area contributed by atoms with Gasteiger partial charge in [0.15, 0.2) is 0 Å². The van der Waals surface area contributed by atoms with Gasteiger partial charge >= 0.3 is 0 Å². The highest BCUT2D eigenvalue weighted by Crippen LogP contribution is 2.22. The Morgan fingerprint density at radius 2 is 1.81 bits per heavy atom. The second kappa shape index (κ2) is 5.37. The van der Waals surface area contributed by atoms with Crippen LogP contribution in [0.5, 0.6) is 0 Å². The average Bonchev–Trinajstić information content (AvgIpc) is 2.25. The molecule has 0 amide bonds. The molecule has 0 aliphatic heterocycles. The number of benzene rings is 1. The lowest BCUT2D eigenvalue weighted by Crippen LogP contribution is -2.11. The van der Waals surface area contributed by atoms with Crippen molar-refractivity contribution in [3.05, 3.63) is 35.4 Å². The normalized spacial score (nSPS) is 13.2. The van der Waals surface area contributed by atoms with Gasteiger partial charge in [-0.1, -0.05) is 45.0 Å². The van der Waals surface area contributed by atoms with E-state index >= 15 is 0 Å². The van der Waals surface area contributed by atoms with Crippen LogP contribution in [0.25, 0.3) is 0 Å². The molecule has 0 aliphatic carbocycles. The van der Waals surface area contributed by atoms with Gasteiger partial charge in [0, 0.05) is 5.88 Å². The van der Waals surface area contributed by atoms with Crippen LogP contribution < -0.4 is 0 Å². The van der Waals surface area contributed by atoms with Crippen LogP contribution in [0.15, 0.2) is 24.3 Å². The Bertz CT molecular complexity index is 367. The summed E-state index contributed by atoms with van der Waals surface area (Å²) in [6.07, 6.45) is 0.740. The predicted molar refractivity (Wildman–Crippen MR) is 68.7 cm³/mol. The molecular formula is C14H18ClN. The molecule has 0 aliphatic rings. The fourth-order valence-electron chi connectivity index (χ4n) is 1.56. The van der Waals surface area contributed by atoms with E-state index in [1.807, 2.05) is 0 Å². The van der Waals surface area contributed by atoms with Gasteiger partial charge in [0.1, 0.15) is 0 Å². The second-order valence-corrected chi connectivity index (χ2v) is 5.44. The van der Waals surface area contributed by atoms with E-state index in [2.05, 4.69) is 51.1 Å². The molecule has 0 aromatic heterocycles. The molecule has 86 valence electrons. The molecule has 0 bridgehead atoms. The summed E-state index contributed by atoms with van der Waals surface area (Å²) < 4.78 is 0. The van der Waals surface area contributed by atoms with Crippen molar-refractivity contribution >= 4 is 11.6 Å². The lowest BCUT2D eigenvalue weighted by molar-refractivity contribution is 0.589. The van der Waals surface area contributed by atoms with E-state index in [1.54, 1.807) is 0 Å². The summed E-state index contributed by atoms with van der Waals surface area (Å²) in [4.78, 5) is 0. The van der Waals surface area contributed by atoms with E-state index in [9.17, 15) is 0 Å². The minimum absolute atomic E-state index is 0.0813. The van der Waals surface area contributed by atoms with E-state index in [1.165, 1.54) is 11.1 Å². The number of halogens is 1. The molecule has 0 fully saturated rings. The van der Waals surface area contributed by atoms with Crippen LogP contribution >= 0.6 is 11.6 Å². The molecule has 0 N–H and O–H groups in total. The lowest BCUT2D eigenvalue weighted by atomic mass is 9.86. The minimum Gasteiger partial charge on any atom is -0.198 e. The van der Waals surface area contributed by atoms with Crippen LogP contribution in [-0.4, -0.2) is 5.88 Å². The zero-order chi connectivity index (χ0) is 12.2. The van der Waals surface area contributed by atoms with Crippen molar-refractivity contribution in [1.82, 2.24) is 0 Å². The minimum atomic E-state index is -0.0813. The van der Waals surface area contributed by atoms with Crippen LogP contribution in [0, 0.1) is 17.2 Å². The molecule has 2 heteroatoms. The maximum atomic E-state index is 8.84. The average molecular weight is 236 g/mol. The number of hydrogen-bond donors (Lipinski definition) is 0. The molecule has 1 unspecified atom stereocenters. The third kappa shape index (κ3) is 3.54. The summed E-state index contributed by atoms with van der Waals surface area (Å²) >= 11 is 5.70. The van der Waals surface area contributed by atoms with Crippen LogP contribution in [0.1, 0.15) is 31.9 Å². The third-order valence-corrected chi connectivity index (χ3v) is 3.04. The van der Waals surface area contributed by atoms with Gasteiger partial charge in [0.05, 0.1) is 12.0 Å². The highest BCUT2D eigenvalue weighted by atomic mass is 35.5. The zero-order valence-corrected chi connectivity index (χ0v) is 10.9. The zero-order valence-electron chi connectivity index (χ0n) is 10.1. The van der Waals surface area contributed by atoms with Crippen molar-refractivity contribution < 1.29 is 0 Å². The Kier molecular flexibility index (Phi) is 4.38. The maximum absolute atomic E-state index is 8.84. The Hall–Kier alpha value is -1.00. The highest BCUT2D eigenvalue weighted by molar-refractivity contribution is 6.18. The quantitative estimate of drug-likeness (QED) is 0.729. The van der Waals surface area contributed by atoms with E-state index in [0.29, 0.717) is 5.88 Å². The summed E-state index contributed by atoms with van der Waals surface area (Å²) in [6, 6.07) is 10.7. The largest absolute Gasteiger partial charge is 0.198 e. The van der Waals surface area contributed by atoms with Gasteiger partial charge in [0.2, 0.25) is 0 Å². The SMILES string of the molecule is CC(C)(C)c1ccc(CC(C#N)CCl)cc1. The third-order valence-electron chi connectivity index (χ3n) is 2.67. The molecule has 1 aromatic carbocycles. The maximum Gasteiger partial charge on any atom is 0.0671 e. The Morgan fingerprint density at radius 1 is 1.25 bits per heavy atom. The van der Waals surface area contributed by atoms with Gasteiger partial charge in [-0.25, -0.2) is 0 Å². The monoisotopic (exact) mass is 235 g/mol. The first-order valence-corrected chi connectivity index (χ1v) is 6.06. The summed E-state index contributed by atoms with van der Waals surface area (Å²) in [5.74, 6) is 0.319. The van der Waals surface area contributed by atoms with Gasteiger partial charge in [-0.15, -0.1) is 11.6 Å². The lowest BCUT2D eigenvalue weighted by Gasteiger charge is -2.19. The second-order valence-electron chi connectivity index (χ2n) is 5.13. The van der Waals surface area contributed by atoms with Crippen molar-refractivity contribution in [2.45, 2.75) is 32.6 Å². The Morgan fingerprint density at radius 3 is 2.19 bits per heavy atom. The first-order chi connectivity index (χ1) is 7.47. The molecule has 1 atom stereocenters. The molecule has 0 heterocycles. The first kappa shape index (κ1) is 13.1. The molecule has 0 saturated carbocycles. The molecule has 1 rings (SSSR count). The van der Waals surface area contributed by atoms with E-state index < -0.39 is 0 Å². The number of alkyl halides is 1.